The van der Waals surface area contributed by atoms with Crippen molar-refractivity contribution < 1.29 is 4.79 Å². The molecule has 0 heterocycles. The summed E-state index contributed by atoms with van der Waals surface area (Å²) in [4.78, 5) is 12.3. The number of benzene rings is 1. The van der Waals surface area contributed by atoms with Crippen LogP contribution in [0.5, 0.6) is 0 Å². The average Bonchev–Trinajstić information content (AvgIpc) is 2.39. The molecule has 2 N–H and O–H groups in total. The van der Waals surface area contributed by atoms with E-state index in [2.05, 4.69) is 45.3 Å². The number of anilines is 1. The molecule has 0 radical (unpaired) electrons. The van der Waals surface area contributed by atoms with Crippen molar-refractivity contribution in [1.82, 2.24) is 5.32 Å². The zero-order valence-electron chi connectivity index (χ0n) is 14.9. The second kappa shape index (κ2) is 7.32. The fourth-order valence-electron chi connectivity index (χ4n) is 2.70. The smallest absolute Gasteiger partial charge is 0.267 e. The topological polar surface area (TPSA) is 64.9 Å². The molecular formula is C19H27N3O. The molecule has 1 aromatic rings. The zero-order valence-corrected chi connectivity index (χ0v) is 14.9. The quantitative estimate of drug-likeness (QED) is 0.634. The Hall–Kier alpha value is -2.28. The van der Waals surface area contributed by atoms with Crippen molar-refractivity contribution in [2.45, 2.75) is 53.5 Å². The Morgan fingerprint density at radius 3 is 2.35 bits per heavy atom. The minimum atomic E-state index is -0.402. The fourth-order valence-corrected chi connectivity index (χ4v) is 2.70. The second-order valence-electron chi connectivity index (χ2n) is 7.70. The van der Waals surface area contributed by atoms with Crippen molar-refractivity contribution in [3.8, 4) is 6.07 Å². The van der Waals surface area contributed by atoms with E-state index in [1.807, 2.05) is 37.3 Å². The standard InChI is InChI=1S/C19H27N3O/c1-14-9-7-8-10-16(14)22-17(23)15(11-20)12-21-19(5,6)13-18(2,3)4/h7-10,12,21H,13H2,1-6H3,(H,22,23)/b15-12-. The number of hydrogen-bond acceptors (Lipinski definition) is 3. The summed E-state index contributed by atoms with van der Waals surface area (Å²) in [6.07, 6.45) is 2.42. The first-order chi connectivity index (χ1) is 10.5. The Balaban J connectivity index is 2.82. The van der Waals surface area contributed by atoms with Gasteiger partial charge in [0, 0.05) is 17.4 Å². The van der Waals surface area contributed by atoms with Crippen molar-refractivity contribution in [3.05, 3.63) is 41.6 Å². The summed E-state index contributed by atoms with van der Waals surface area (Å²) in [6.45, 7) is 12.5. The van der Waals surface area contributed by atoms with Crippen molar-refractivity contribution >= 4 is 11.6 Å². The first-order valence-corrected chi connectivity index (χ1v) is 7.79. The van der Waals surface area contributed by atoms with Crippen molar-refractivity contribution in [3.63, 3.8) is 0 Å². The van der Waals surface area contributed by atoms with E-state index in [1.165, 1.54) is 6.20 Å². The lowest BCUT2D eigenvalue weighted by Gasteiger charge is -2.33. The van der Waals surface area contributed by atoms with Gasteiger partial charge in [-0.15, -0.1) is 0 Å². The van der Waals surface area contributed by atoms with Crippen LogP contribution in [-0.2, 0) is 4.79 Å². The number of carbonyl (C=O) groups is 1. The van der Waals surface area contributed by atoms with Gasteiger partial charge in [-0.3, -0.25) is 4.79 Å². The molecule has 0 aliphatic rings. The largest absolute Gasteiger partial charge is 0.385 e. The number of nitrogens with one attached hydrogen (secondary N) is 2. The molecule has 0 aliphatic carbocycles. The van der Waals surface area contributed by atoms with Crippen LogP contribution in [-0.4, -0.2) is 11.4 Å². The van der Waals surface area contributed by atoms with Gasteiger partial charge in [-0.1, -0.05) is 39.0 Å². The molecule has 1 aromatic carbocycles. The molecule has 4 heteroatoms. The summed E-state index contributed by atoms with van der Waals surface area (Å²) >= 11 is 0. The molecule has 0 unspecified atom stereocenters. The van der Waals surface area contributed by atoms with Gasteiger partial charge in [-0.05, 0) is 44.2 Å². The maximum Gasteiger partial charge on any atom is 0.267 e. The van der Waals surface area contributed by atoms with E-state index >= 15 is 0 Å². The average molecular weight is 313 g/mol. The summed E-state index contributed by atoms with van der Waals surface area (Å²) in [5.74, 6) is -0.402. The van der Waals surface area contributed by atoms with Crippen molar-refractivity contribution in [2.75, 3.05) is 5.32 Å². The van der Waals surface area contributed by atoms with Crippen LogP contribution in [0.2, 0.25) is 0 Å². The molecule has 0 saturated heterocycles. The maximum atomic E-state index is 12.3. The number of amides is 1. The number of para-hydroxylation sites is 1. The first-order valence-electron chi connectivity index (χ1n) is 7.79. The van der Waals surface area contributed by atoms with Gasteiger partial charge in [-0.25, -0.2) is 0 Å². The second-order valence-corrected chi connectivity index (χ2v) is 7.70. The van der Waals surface area contributed by atoms with E-state index in [4.69, 9.17) is 0 Å². The van der Waals surface area contributed by atoms with Crippen molar-refractivity contribution in [1.29, 1.82) is 5.26 Å². The van der Waals surface area contributed by atoms with Crippen LogP contribution in [0.15, 0.2) is 36.0 Å². The zero-order chi connectivity index (χ0) is 17.7. The highest BCUT2D eigenvalue weighted by Crippen LogP contribution is 2.26. The van der Waals surface area contributed by atoms with E-state index in [0.717, 1.165) is 12.0 Å². The Morgan fingerprint density at radius 2 is 1.83 bits per heavy atom. The van der Waals surface area contributed by atoms with Gasteiger partial charge < -0.3 is 10.6 Å². The van der Waals surface area contributed by atoms with Gasteiger partial charge in [0.1, 0.15) is 11.6 Å². The van der Waals surface area contributed by atoms with Crippen LogP contribution >= 0.6 is 0 Å². The lowest BCUT2D eigenvalue weighted by Crippen LogP contribution is -2.39. The summed E-state index contributed by atoms with van der Waals surface area (Å²) in [6, 6.07) is 9.45. The third-order valence-corrected chi connectivity index (χ3v) is 3.34. The van der Waals surface area contributed by atoms with Gasteiger partial charge in [0.05, 0.1) is 0 Å². The van der Waals surface area contributed by atoms with Crippen LogP contribution in [0.3, 0.4) is 0 Å². The molecule has 0 saturated carbocycles. The molecular weight excluding hydrogens is 286 g/mol. The number of nitrogens with zero attached hydrogens (tertiary/aromatic N) is 1. The summed E-state index contributed by atoms with van der Waals surface area (Å²) in [5.41, 5.74) is 1.69. The number of carbonyl (C=O) groups excluding carboxylic acids is 1. The SMILES string of the molecule is Cc1ccccc1NC(=O)/C(C#N)=C\NC(C)(C)CC(C)(C)C. The van der Waals surface area contributed by atoms with Crippen LogP contribution in [0.4, 0.5) is 5.69 Å². The number of aryl methyl sites for hydroxylation is 1. The van der Waals surface area contributed by atoms with Gasteiger partial charge in [0.25, 0.3) is 5.91 Å². The molecule has 0 atom stereocenters. The van der Waals surface area contributed by atoms with Crippen LogP contribution in [0.25, 0.3) is 0 Å². The highest BCUT2D eigenvalue weighted by atomic mass is 16.1. The van der Waals surface area contributed by atoms with E-state index in [9.17, 15) is 10.1 Å². The van der Waals surface area contributed by atoms with Gasteiger partial charge in [0.2, 0.25) is 0 Å². The van der Waals surface area contributed by atoms with E-state index < -0.39 is 5.91 Å². The van der Waals surface area contributed by atoms with Gasteiger partial charge in [0.15, 0.2) is 0 Å². The van der Waals surface area contributed by atoms with Gasteiger partial charge >= 0.3 is 0 Å². The Labute approximate surface area is 139 Å². The molecule has 0 aromatic heterocycles. The Morgan fingerprint density at radius 1 is 1.22 bits per heavy atom. The molecule has 0 spiro atoms. The molecule has 4 nitrogen and oxygen atoms in total. The minimum absolute atomic E-state index is 0.0650. The predicted octanol–water partition coefficient (Wildman–Crippen LogP) is 4.15. The van der Waals surface area contributed by atoms with Gasteiger partial charge in [-0.2, -0.15) is 5.26 Å². The van der Waals surface area contributed by atoms with Crippen molar-refractivity contribution in [2.24, 2.45) is 5.41 Å². The third-order valence-electron chi connectivity index (χ3n) is 3.34. The molecule has 0 aliphatic heterocycles. The maximum absolute atomic E-state index is 12.3. The summed E-state index contributed by atoms with van der Waals surface area (Å²) < 4.78 is 0. The number of hydrogen-bond donors (Lipinski definition) is 2. The Kier molecular flexibility index (Phi) is 5.98. The molecule has 0 bridgehead atoms. The third kappa shape index (κ3) is 6.56. The number of nitriles is 1. The predicted molar refractivity (Wildman–Crippen MR) is 94.8 cm³/mol. The summed E-state index contributed by atoms with van der Waals surface area (Å²) in [7, 11) is 0. The molecule has 1 amide bonds. The monoisotopic (exact) mass is 313 g/mol. The fraction of sp³-hybridized carbons (Fsp3) is 0.474. The van der Waals surface area contributed by atoms with E-state index in [0.29, 0.717) is 5.69 Å². The minimum Gasteiger partial charge on any atom is -0.385 e. The molecule has 23 heavy (non-hydrogen) atoms. The molecule has 124 valence electrons. The van der Waals surface area contributed by atoms with E-state index in [1.54, 1.807) is 0 Å². The van der Waals surface area contributed by atoms with Crippen LogP contribution in [0, 0.1) is 23.7 Å². The highest BCUT2D eigenvalue weighted by molar-refractivity contribution is 6.06. The summed E-state index contributed by atoms with van der Waals surface area (Å²) in [5, 5.41) is 15.2. The number of rotatable bonds is 5. The van der Waals surface area contributed by atoms with E-state index in [-0.39, 0.29) is 16.5 Å². The lowest BCUT2D eigenvalue weighted by molar-refractivity contribution is -0.112. The Bertz CT molecular complexity index is 631. The normalized spacial score (nSPS) is 12.5. The first kappa shape index (κ1) is 18.8. The lowest BCUT2D eigenvalue weighted by atomic mass is 9.82. The molecule has 1 rings (SSSR count). The van der Waals surface area contributed by atoms with Crippen LogP contribution < -0.4 is 10.6 Å². The van der Waals surface area contributed by atoms with Crippen LogP contribution in [0.1, 0.15) is 46.6 Å². The highest BCUT2D eigenvalue weighted by Gasteiger charge is 2.24. The molecule has 0 fully saturated rings.